The third-order valence-corrected chi connectivity index (χ3v) is 4.74. The quantitative estimate of drug-likeness (QED) is 0.870. The summed E-state index contributed by atoms with van der Waals surface area (Å²) in [7, 11) is -2.58. The average molecular weight is 292 g/mol. The molecule has 0 aliphatic carbocycles. The van der Waals surface area contributed by atoms with E-state index in [1.54, 1.807) is 0 Å². The Morgan fingerprint density at radius 2 is 1.95 bits per heavy atom. The van der Waals surface area contributed by atoms with Gasteiger partial charge in [-0.1, -0.05) is 13.3 Å². The Kier molecular flexibility index (Phi) is 5.39. The van der Waals surface area contributed by atoms with Gasteiger partial charge in [0, 0.05) is 25.7 Å². The molecule has 1 aromatic carbocycles. The molecule has 1 aromatic rings. The summed E-state index contributed by atoms with van der Waals surface area (Å²) in [4.78, 5) is -0.534. The van der Waals surface area contributed by atoms with Gasteiger partial charge in [0.2, 0.25) is 10.0 Å². The van der Waals surface area contributed by atoms with Crippen LogP contribution in [0.4, 0.5) is 8.78 Å². The van der Waals surface area contributed by atoms with Crippen molar-refractivity contribution in [2.75, 3.05) is 13.6 Å². The van der Waals surface area contributed by atoms with Crippen LogP contribution in [0.1, 0.15) is 25.3 Å². The van der Waals surface area contributed by atoms with E-state index in [0.717, 1.165) is 22.9 Å². The fourth-order valence-electron chi connectivity index (χ4n) is 1.63. The zero-order valence-corrected chi connectivity index (χ0v) is 11.8. The molecule has 0 spiro atoms. The van der Waals surface area contributed by atoms with Gasteiger partial charge in [0.15, 0.2) is 5.82 Å². The van der Waals surface area contributed by atoms with Gasteiger partial charge >= 0.3 is 0 Å². The van der Waals surface area contributed by atoms with Gasteiger partial charge in [-0.05, 0) is 18.6 Å². The van der Waals surface area contributed by atoms with E-state index in [2.05, 4.69) is 0 Å². The van der Waals surface area contributed by atoms with E-state index in [4.69, 9.17) is 5.73 Å². The lowest BCUT2D eigenvalue weighted by Gasteiger charge is -2.18. The first-order valence-corrected chi connectivity index (χ1v) is 7.43. The van der Waals surface area contributed by atoms with Crippen molar-refractivity contribution in [3.8, 4) is 0 Å². The van der Waals surface area contributed by atoms with Crippen LogP contribution >= 0.6 is 0 Å². The molecule has 0 aromatic heterocycles. The highest BCUT2D eigenvalue weighted by Gasteiger charge is 2.26. The number of nitrogens with zero attached hydrogens (tertiary/aromatic N) is 1. The number of hydrogen-bond donors (Lipinski definition) is 1. The summed E-state index contributed by atoms with van der Waals surface area (Å²) in [5.41, 5.74) is 4.82. The predicted molar refractivity (Wildman–Crippen MR) is 69.0 cm³/mol. The summed E-state index contributed by atoms with van der Waals surface area (Å²) in [5.74, 6) is -1.94. The van der Waals surface area contributed by atoms with Crippen LogP contribution in [-0.4, -0.2) is 26.3 Å². The van der Waals surface area contributed by atoms with Gasteiger partial charge in [-0.3, -0.25) is 0 Å². The van der Waals surface area contributed by atoms with E-state index >= 15 is 0 Å². The first-order valence-electron chi connectivity index (χ1n) is 5.99. The Morgan fingerprint density at radius 1 is 1.32 bits per heavy atom. The second-order valence-corrected chi connectivity index (χ2v) is 6.24. The van der Waals surface area contributed by atoms with E-state index in [0.29, 0.717) is 6.42 Å². The van der Waals surface area contributed by atoms with E-state index in [1.807, 2.05) is 6.92 Å². The van der Waals surface area contributed by atoms with Crippen molar-refractivity contribution in [3.05, 3.63) is 29.3 Å². The molecule has 2 N–H and O–H groups in total. The van der Waals surface area contributed by atoms with Crippen LogP contribution < -0.4 is 5.73 Å². The van der Waals surface area contributed by atoms with Crippen LogP contribution in [0.15, 0.2) is 17.0 Å². The van der Waals surface area contributed by atoms with Crippen molar-refractivity contribution in [1.82, 2.24) is 4.31 Å². The van der Waals surface area contributed by atoms with Gasteiger partial charge < -0.3 is 5.73 Å². The topological polar surface area (TPSA) is 63.4 Å². The maximum atomic E-state index is 14.0. The molecule has 4 nitrogen and oxygen atoms in total. The third kappa shape index (κ3) is 3.29. The van der Waals surface area contributed by atoms with E-state index in [-0.39, 0.29) is 13.1 Å². The number of hydrogen-bond acceptors (Lipinski definition) is 3. The highest BCUT2D eigenvalue weighted by molar-refractivity contribution is 7.89. The molecule has 0 amide bonds. The second-order valence-electron chi connectivity index (χ2n) is 4.22. The molecule has 1 rings (SSSR count). The number of benzene rings is 1. The molecule has 108 valence electrons. The SMILES string of the molecule is CCCCN(C)S(=O)(=O)c1ccc(F)c(CN)c1F. The highest BCUT2D eigenvalue weighted by atomic mass is 32.2. The zero-order chi connectivity index (χ0) is 14.6. The minimum atomic E-state index is -3.96. The molecule has 0 heterocycles. The van der Waals surface area contributed by atoms with Crippen molar-refractivity contribution >= 4 is 10.0 Å². The summed E-state index contributed by atoms with van der Waals surface area (Å²) in [6.07, 6.45) is 1.49. The van der Waals surface area contributed by atoms with Crippen molar-refractivity contribution in [1.29, 1.82) is 0 Å². The number of sulfonamides is 1. The average Bonchev–Trinajstić information content (AvgIpc) is 2.36. The maximum Gasteiger partial charge on any atom is 0.245 e. The van der Waals surface area contributed by atoms with Gasteiger partial charge in [0.1, 0.15) is 10.7 Å². The monoisotopic (exact) mass is 292 g/mol. The Morgan fingerprint density at radius 3 is 2.47 bits per heavy atom. The van der Waals surface area contributed by atoms with Gasteiger partial charge in [0.05, 0.1) is 0 Å². The summed E-state index contributed by atoms with van der Waals surface area (Å²) >= 11 is 0. The van der Waals surface area contributed by atoms with Crippen molar-refractivity contribution in [2.45, 2.75) is 31.2 Å². The normalized spacial score (nSPS) is 12.1. The Labute approximate surface area is 112 Å². The molecule has 0 aliphatic rings. The molecule has 0 aliphatic heterocycles. The molecule has 0 saturated carbocycles. The Balaban J connectivity index is 3.22. The van der Waals surface area contributed by atoms with Gasteiger partial charge in [0.25, 0.3) is 0 Å². The standard InChI is InChI=1S/C12H18F2N2O2S/c1-3-4-7-16(2)19(17,18)11-6-5-10(13)9(8-15)12(11)14/h5-6H,3-4,7-8,15H2,1-2H3. The van der Waals surface area contributed by atoms with Crippen LogP contribution in [-0.2, 0) is 16.6 Å². The molecule has 7 heteroatoms. The fraction of sp³-hybridized carbons (Fsp3) is 0.500. The van der Waals surface area contributed by atoms with Crippen molar-refractivity contribution in [2.24, 2.45) is 5.73 Å². The minimum absolute atomic E-state index is 0.285. The molecular formula is C12H18F2N2O2S. The first-order chi connectivity index (χ1) is 8.86. The number of unbranched alkanes of at least 4 members (excludes halogenated alkanes) is 1. The van der Waals surface area contributed by atoms with Crippen molar-refractivity contribution < 1.29 is 17.2 Å². The van der Waals surface area contributed by atoms with Gasteiger partial charge in [-0.2, -0.15) is 0 Å². The lowest BCUT2D eigenvalue weighted by atomic mass is 10.2. The molecule has 0 bridgehead atoms. The molecule has 0 atom stereocenters. The van der Waals surface area contributed by atoms with Crippen LogP contribution in [0.25, 0.3) is 0 Å². The second kappa shape index (κ2) is 6.40. The number of nitrogens with two attached hydrogens (primary N) is 1. The molecule has 0 fully saturated rings. The highest BCUT2D eigenvalue weighted by Crippen LogP contribution is 2.23. The molecule has 19 heavy (non-hydrogen) atoms. The van der Waals surface area contributed by atoms with Crippen molar-refractivity contribution in [3.63, 3.8) is 0 Å². The van der Waals surface area contributed by atoms with E-state index in [9.17, 15) is 17.2 Å². The number of halogens is 2. The van der Waals surface area contributed by atoms with Gasteiger partial charge in [-0.25, -0.2) is 21.5 Å². The zero-order valence-electron chi connectivity index (χ0n) is 11.0. The largest absolute Gasteiger partial charge is 0.326 e. The fourth-order valence-corrected chi connectivity index (χ4v) is 2.93. The lowest BCUT2D eigenvalue weighted by Crippen LogP contribution is -2.29. The number of rotatable bonds is 6. The minimum Gasteiger partial charge on any atom is -0.326 e. The summed E-state index contributed by atoms with van der Waals surface area (Å²) in [6, 6.07) is 1.85. The molecule has 0 unspecified atom stereocenters. The van der Waals surface area contributed by atoms with Crippen LogP contribution in [0.3, 0.4) is 0 Å². The first kappa shape index (κ1) is 16.0. The summed E-state index contributed by atoms with van der Waals surface area (Å²) in [5, 5.41) is 0. The van der Waals surface area contributed by atoms with Gasteiger partial charge in [-0.15, -0.1) is 0 Å². The van der Waals surface area contributed by atoms with Crippen LogP contribution in [0, 0.1) is 11.6 Å². The van der Waals surface area contributed by atoms with E-state index in [1.165, 1.54) is 7.05 Å². The van der Waals surface area contributed by atoms with Crippen LogP contribution in [0.2, 0.25) is 0 Å². The lowest BCUT2D eigenvalue weighted by molar-refractivity contribution is 0.451. The van der Waals surface area contributed by atoms with E-state index < -0.39 is 32.1 Å². The molecular weight excluding hydrogens is 274 g/mol. The summed E-state index contributed by atoms with van der Waals surface area (Å²) < 4.78 is 52.7. The third-order valence-electron chi connectivity index (χ3n) is 2.87. The predicted octanol–water partition coefficient (Wildman–Crippen LogP) is 1.84. The maximum absolute atomic E-state index is 14.0. The summed E-state index contributed by atoms with van der Waals surface area (Å²) in [6.45, 7) is 1.82. The molecule has 0 saturated heterocycles. The Hall–Kier alpha value is -1.05. The molecule has 0 radical (unpaired) electrons. The van der Waals surface area contributed by atoms with Crippen LogP contribution in [0.5, 0.6) is 0 Å². The Bertz CT molecular complexity index is 547. The smallest absolute Gasteiger partial charge is 0.245 e.